The van der Waals surface area contributed by atoms with Gasteiger partial charge in [0.25, 0.3) is 5.91 Å². The number of aliphatic hydroxyl groups excluding tert-OH is 1. The van der Waals surface area contributed by atoms with Gasteiger partial charge in [0, 0.05) is 42.2 Å². The quantitative estimate of drug-likeness (QED) is 0.232. The van der Waals surface area contributed by atoms with Crippen molar-refractivity contribution in [3.8, 4) is 0 Å². The zero-order valence-electron chi connectivity index (χ0n) is 21.4. The minimum Gasteiger partial charge on any atom is -0.453 e. The van der Waals surface area contributed by atoms with E-state index >= 15 is 0 Å². The van der Waals surface area contributed by atoms with Crippen LogP contribution < -0.4 is 5.32 Å². The van der Waals surface area contributed by atoms with Crippen molar-refractivity contribution >= 4 is 29.3 Å². The van der Waals surface area contributed by atoms with Crippen molar-refractivity contribution < 1.29 is 28.9 Å². The third-order valence-corrected chi connectivity index (χ3v) is 7.17. The van der Waals surface area contributed by atoms with Crippen LogP contribution in [0.1, 0.15) is 49.9 Å². The van der Waals surface area contributed by atoms with Gasteiger partial charge < -0.3 is 24.6 Å². The number of aromatic nitrogens is 2. The molecule has 2 aromatic carbocycles. The Morgan fingerprint density at radius 2 is 1.71 bits per heavy atom. The Labute approximate surface area is 225 Å². The Morgan fingerprint density at radius 3 is 2.34 bits per heavy atom. The number of nitrogens with one attached hydrogen (secondary N) is 1. The van der Waals surface area contributed by atoms with E-state index < -0.39 is 24.3 Å². The molecule has 38 heavy (non-hydrogen) atoms. The molecule has 0 spiro atoms. The number of hydrogen-bond donors (Lipinski definition) is 2. The van der Waals surface area contributed by atoms with Gasteiger partial charge in [-0.2, -0.15) is 0 Å². The van der Waals surface area contributed by atoms with Crippen LogP contribution >= 0.6 is 11.8 Å². The Balaban J connectivity index is 1.51. The highest BCUT2D eigenvalue weighted by Crippen LogP contribution is 2.42. The van der Waals surface area contributed by atoms with Crippen LogP contribution in [0.15, 0.2) is 72.1 Å². The van der Waals surface area contributed by atoms with E-state index in [2.05, 4.69) is 22.2 Å². The fraction of sp³-hybridized carbons (Fsp3) is 0.357. The molecule has 1 fully saturated rings. The molecule has 1 aliphatic heterocycles. The topological polar surface area (TPSA) is 120 Å². The molecule has 9 nitrogen and oxygen atoms in total. The number of anilines is 1. The van der Waals surface area contributed by atoms with Gasteiger partial charge in [-0.1, -0.05) is 55.1 Å². The summed E-state index contributed by atoms with van der Waals surface area (Å²) in [4.78, 5) is 32.0. The molecule has 10 heteroatoms. The second kappa shape index (κ2) is 13.0. The predicted octanol–water partition coefficient (Wildman–Crippen LogP) is 4.44. The number of carbonyl (C=O) groups is 2. The van der Waals surface area contributed by atoms with E-state index in [0.717, 1.165) is 16.7 Å². The number of rotatable bonds is 9. The molecule has 2 heterocycles. The molecule has 1 saturated heterocycles. The third kappa shape index (κ3) is 7.16. The standard InChI is InChI=1S/C28H31N3O6S/c1-17-24(16-38-28-29-13-4-14-30-28)36-27(37-25(17)21-7-5-20(15-32)6-8-21)22-9-11-23(12-10-22)31-26(34)18(2)35-19(3)33/h4-14,17-18,24-25,27,32H,15-16H2,1-3H3,(H,31,34). The lowest BCUT2D eigenvalue weighted by Gasteiger charge is -2.41. The SMILES string of the molecule is CC(=O)OC(C)C(=O)Nc1ccc(C2OC(CSc3ncccn3)C(C)C(c3ccc(CO)cc3)O2)cc1. The zero-order valence-corrected chi connectivity index (χ0v) is 22.3. The van der Waals surface area contributed by atoms with E-state index in [4.69, 9.17) is 14.2 Å². The number of carbonyl (C=O) groups excluding carboxylic acids is 2. The Morgan fingerprint density at radius 1 is 1.05 bits per heavy atom. The largest absolute Gasteiger partial charge is 0.453 e. The van der Waals surface area contributed by atoms with Crippen molar-refractivity contribution in [3.63, 3.8) is 0 Å². The summed E-state index contributed by atoms with van der Waals surface area (Å²) in [5, 5.41) is 12.9. The maximum atomic E-state index is 12.3. The first-order valence-corrected chi connectivity index (χ1v) is 13.3. The van der Waals surface area contributed by atoms with Crippen LogP contribution in [0.2, 0.25) is 0 Å². The van der Waals surface area contributed by atoms with Gasteiger partial charge in [-0.25, -0.2) is 9.97 Å². The summed E-state index contributed by atoms with van der Waals surface area (Å²) in [6, 6.07) is 16.7. The highest BCUT2D eigenvalue weighted by molar-refractivity contribution is 7.99. The van der Waals surface area contributed by atoms with Gasteiger partial charge in [-0.15, -0.1) is 0 Å². The average Bonchev–Trinajstić information content (AvgIpc) is 2.93. The lowest BCUT2D eigenvalue weighted by molar-refractivity contribution is -0.268. The molecule has 0 aliphatic carbocycles. The molecule has 4 rings (SSSR count). The molecule has 1 aliphatic rings. The highest BCUT2D eigenvalue weighted by atomic mass is 32.2. The summed E-state index contributed by atoms with van der Waals surface area (Å²) in [5.41, 5.74) is 3.19. The zero-order chi connectivity index (χ0) is 27.1. The first-order chi connectivity index (χ1) is 18.3. The van der Waals surface area contributed by atoms with Crippen LogP contribution in [0.5, 0.6) is 0 Å². The lowest BCUT2D eigenvalue weighted by atomic mass is 9.91. The maximum absolute atomic E-state index is 12.3. The molecule has 2 N–H and O–H groups in total. The average molecular weight is 538 g/mol. The first kappa shape index (κ1) is 27.7. The van der Waals surface area contributed by atoms with Crippen LogP contribution in [0, 0.1) is 5.92 Å². The van der Waals surface area contributed by atoms with Gasteiger partial charge in [0.1, 0.15) is 0 Å². The molecular weight excluding hydrogens is 506 g/mol. The first-order valence-electron chi connectivity index (χ1n) is 12.3. The van der Waals surface area contributed by atoms with E-state index in [0.29, 0.717) is 16.6 Å². The van der Waals surface area contributed by atoms with Gasteiger partial charge >= 0.3 is 5.97 Å². The van der Waals surface area contributed by atoms with Crippen molar-refractivity contribution in [1.29, 1.82) is 0 Å². The van der Waals surface area contributed by atoms with Crippen LogP contribution in [-0.4, -0.2) is 44.9 Å². The van der Waals surface area contributed by atoms with Crippen LogP contribution in [-0.2, 0) is 30.4 Å². The van der Waals surface area contributed by atoms with Gasteiger partial charge in [0.05, 0.1) is 18.8 Å². The van der Waals surface area contributed by atoms with Crippen molar-refractivity contribution in [1.82, 2.24) is 9.97 Å². The number of thioether (sulfide) groups is 1. The van der Waals surface area contributed by atoms with Crippen molar-refractivity contribution in [2.45, 2.75) is 57.1 Å². The van der Waals surface area contributed by atoms with E-state index in [-0.39, 0.29) is 24.7 Å². The maximum Gasteiger partial charge on any atom is 0.303 e. The predicted molar refractivity (Wildman–Crippen MR) is 142 cm³/mol. The van der Waals surface area contributed by atoms with Gasteiger partial charge in [-0.3, -0.25) is 9.59 Å². The number of ether oxygens (including phenoxy) is 3. The van der Waals surface area contributed by atoms with Crippen LogP contribution in [0.3, 0.4) is 0 Å². The Kier molecular flexibility index (Phi) is 9.46. The monoisotopic (exact) mass is 537 g/mol. The highest BCUT2D eigenvalue weighted by Gasteiger charge is 2.38. The fourth-order valence-corrected chi connectivity index (χ4v) is 5.06. The summed E-state index contributed by atoms with van der Waals surface area (Å²) in [6.07, 6.45) is 1.49. The smallest absolute Gasteiger partial charge is 0.303 e. The molecule has 0 bridgehead atoms. The summed E-state index contributed by atoms with van der Waals surface area (Å²) < 4.78 is 17.8. The van der Waals surface area contributed by atoms with E-state index in [1.807, 2.05) is 36.4 Å². The van der Waals surface area contributed by atoms with E-state index in [1.54, 1.807) is 30.6 Å². The van der Waals surface area contributed by atoms with E-state index in [9.17, 15) is 14.7 Å². The normalized spacial score (nSPS) is 21.9. The van der Waals surface area contributed by atoms with Crippen LogP contribution in [0.4, 0.5) is 5.69 Å². The molecule has 0 saturated carbocycles. The molecular formula is C28H31N3O6S. The number of aliphatic hydroxyl groups is 1. The number of amides is 1. The second-order valence-corrected chi connectivity index (χ2v) is 10.0. The third-order valence-electron chi connectivity index (χ3n) is 6.20. The van der Waals surface area contributed by atoms with Crippen LogP contribution in [0.25, 0.3) is 0 Å². The molecule has 5 atom stereocenters. The summed E-state index contributed by atoms with van der Waals surface area (Å²) in [5.74, 6) is -0.267. The van der Waals surface area contributed by atoms with Crippen molar-refractivity contribution in [2.24, 2.45) is 5.92 Å². The van der Waals surface area contributed by atoms with Gasteiger partial charge in [-0.05, 0) is 36.2 Å². The number of esters is 1. The fourth-order valence-electron chi connectivity index (χ4n) is 4.10. The second-order valence-electron chi connectivity index (χ2n) is 9.03. The Bertz CT molecular complexity index is 1210. The molecule has 200 valence electrons. The summed E-state index contributed by atoms with van der Waals surface area (Å²) in [7, 11) is 0. The van der Waals surface area contributed by atoms with Gasteiger partial charge in [0.2, 0.25) is 0 Å². The Hall–Kier alpha value is -3.31. The summed E-state index contributed by atoms with van der Waals surface area (Å²) >= 11 is 1.53. The molecule has 5 unspecified atom stereocenters. The minimum absolute atomic E-state index is 0.0218. The minimum atomic E-state index is -0.900. The van der Waals surface area contributed by atoms with Gasteiger partial charge in [0.15, 0.2) is 17.6 Å². The number of hydrogen-bond acceptors (Lipinski definition) is 9. The molecule has 1 amide bonds. The van der Waals surface area contributed by atoms with Crippen molar-refractivity contribution in [3.05, 3.63) is 83.7 Å². The van der Waals surface area contributed by atoms with Crippen molar-refractivity contribution in [2.75, 3.05) is 11.1 Å². The van der Waals surface area contributed by atoms with E-state index in [1.165, 1.54) is 25.6 Å². The lowest BCUT2D eigenvalue weighted by Crippen LogP contribution is -2.38. The number of benzene rings is 2. The number of nitrogens with zero attached hydrogens (tertiary/aromatic N) is 2. The molecule has 3 aromatic rings. The summed E-state index contributed by atoms with van der Waals surface area (Å²) in [6.45, 7) is 4.85. The molecule has 1 aromatic heterocycles. The molecule has 0 radical (unpaired) electrons.